The first-order valence-corrected chi connectivity index (χ1v) is 8.34. The standard InChI is InChI=1S/C16H17BrO2S/c1-18-11-8-9-12(14(10-11)19-2)16(17)13-6-4-5-7-15(13)20-3/h4-10,16H,1-3H3. The Morgan fingerprint density at radius 3 is 2.40 bits per heavy atom. The Hall–Kier alpha value is -1.13. The van der Waals surface area contributed by atoms with Gasteiger partial charge in [-0.15, -0.1) is 11.8 Å². The number of hydrogen-bond donors (Lipinski definition) is 0. The third-order valence-corrected chi connectivity index (χ3v) is 4.92. The van der Waals surface area contributed by atoms with Crippen LogP contribution in [0.2, 0.25) is 0 Å². The van der Waals surface area contributed by atoms with Crippen LogP contribution in [-0.4, -0.2) is 20.5 Å². The summed E-state index contributed by atoms with van der Waals surface area (Å²) < 4.78 is 10.7. The van der Waals surface area contributed by atoms with Gasteiger partial charge in [-0.05, 0) is 24.0 Å². The van der Waals surface area contributed by atoms with Gasteiger partial charge in [0.15, 0.2) is 0 Å². The molecule has 0 spiro atoms. The minimum atomic E-state index is 0.0898. The molecule has 0 aliphatic heterocycles. The Balaban J connectivity index is 2.45. The molecule has 2 aromatic rings. The van der Waals surface area contributed by atoms with E-state index in [9.17, 15) is 0 Å². The third-order valence-electron chi connectivity index (χ3n) is 3.13. The quantitative estimate of drug-likeness (QED) is 0.562. The predicted octanol–water partition coefficient (Wildman–Crippen LogP) is 4.91. The lowest BCUT2D eigenvalue weighted by Gasteiger charge is -2.17. The third kappa shape index (κ3) is 3.13. The molecule has 1 unspecified atom stereocenters. The molecule has 0 bridgehead atoms. The van der Waals surface area contributed by atoms with Gasteiger partial charge in [0, 0.05) is 16.5 Å². The van der Waals surface area contributed by atoms with Crippen molar-refractivity contribution in [2.45, 2.75) is 9.72 Å². The molecule has 0 aliphatic rings. The van der Waals surface area contributed by atoms with Gasteiger partial charge in [0.2, 0.25) is 0 Å². The van der Waals surface area contributed by atoms with Crippen LogP contribution in [0.25, 0.3) is 0 Å². The molecule has 106 valence electrons. The summed E-state index contributed by atoms with van der Waals surface area (Å²) in [4.78, 5) is 1.35. The number of thioether (sulfide) groups is 1. The van der Waals surface area contributed by atoms with Crippen molar-refractivity contribution >= 4 is 27.7 Å². The first kappa shape index (κ1) is 15.3. The van der Waals surface area contributed by atoms with Crippen LogP contribution in [-0.2, 0) is 0 Å². The van der Waals surface area contributed by atoms with Crippen LogP contribution in [0.15, 0.2) is 47.4 Å². The normalized spacial score (nSPS) is 12.0. The van der Waals surface area contributed by atoms with Crippen molar-refractivity contribution in [1.29, 1.82) is 0 Å². The van der Waals surface area contributed by atoms with Crippen LogP contribution in [0.1, 0.15) is 16.0 Å². The summed E-state index contributed by atoms with van der Waals surface area (Å²) in [5, 5.41) is 0. The van der Waals surface area contributed by atoms with E-state index in [0.717, 1.165) is 17.1 Å². The largest absolute Gasteiger partial charge is 0.497 e. The van der Waals surface area contributed by atoms with E-state index in [1.807, 2.05) is 18.2 Å². The van der Waals surface area contributed by atoms with Crippen LogP contribution in [0, 0.1) is 0 Å². The van der Waals surface area contributed by atoms with Crippen molar-refractivity contribution in [3.63, 3.8) is 0 Å². The van der Waals surface area contributed by atoms with Crippen molar-refractivity contribution < 1.29 is 9.47 Å². The SMILES string of the molecule is COc1ccc(C(Br)c2ccccc2SC)c(OC)c1. The lowest BCUT2D eigenvalue weighted by Crippen LogP contribution is -1.99. The maximum atomic E-state index is 5.49. The molecule has 0 radical (unpaired) electrons. The molecule has 0 aromatic heterocycles. The number of benzene rings is 2. The van der Waals surface area contributed by atoms with Crippen molar-refractivity contribution in [1.82, 2.24) is 0 Å². The molecule has 4 heteroatoms. The van der Waals surface area contributed by atoms with Crippen LogP contribution in [0.5, 0.6) is 11.5 Å². The second-order valence-corrected chi connectivity index (χ2v) is 5.98. The summed E-state index contributed by atoms with van der Waals surface area (Å²) in [6.45, 7) is 0. The zero-order valence-electron chi connectivity index (χ0n) is 11.7. The van der Waals surface area contributed by atoms with E-state index >= 15 is 0 Å². The molecular weight excluding hydrogens is 336 g/mol. The number of alkyl halides is 1. The average molecular weight is 353 g/mol. The Kier molecular flexibility index (Phi) is 5.38. The van der Waals surface area contributed by atoms with E-state index in [1.54, 1.807) is 26.0 Å². The zero-order valence-corrected chi connectivity index (χ0v) is 14.1. The summed E-state index contributed by atoms with van der Waals surface area (Å²) in [5.74, 6) is 1.62. The maximum absolute atomic E-state index is 5.49. The topological polar surface area (TPSA) is 18.5 Å². The van der Waals surface area contributed by atoms with Crippen molar-refractivity contribution in [2.24, 2.45) is 0 Å². The number of ether oxygens (including phenoxy) is 2. The van der Waals surface area contributed by atoms with Crippen molar-refractivity contribution in [3.8, 4) is 11.5 Å². The predicted molar refractivity (Wildman–Crippen MR) is 88.5 cm³/mol. The van der Waals surface area contributed by atoms with Gasteiger partial charge in [-0.25, -0.2) is 0 Å². The Morgan fingerprint density at radius 1 is 1.00 bits per heavy atom. The molecule has 2 aromatic carbocycles. The van der Waals surface area contributed by atoms with Gasteiger partial charge >= 0.3 is 0 Å². The minimum Gasteiger partial charge on any atom is -0.497 e. The number of hydrogen-bond acceptors (Lipinski definition) is 3. The lowest BCUT2D eigenvalue weighted by molar-refractivity contribution is 0.391. The molecule has 0 saturated heterocycles. The van der Waals surface area contributed by atoms with Crippen LogP contribution in [0.4, 0.5) is 0 Å². The number of rotatable bonds is 5. The van der Waals surface area contributed by atoms with Crippen molar-refractivity contribution in [3.05, 3.63) is 53.6 Å². The first-order valence-electron chi connectivity index (χ1n) is 6.20. The summed E-state index contributed by atoms with van der Waals surface area (Å²) in [6, 6.07) is 14.3. The summed E-state index contributed by atoms with van der Waals surface area (Å²) >= 11 is 5.53. The fourth-order valence-corrected chi connectivity index (χ4v) is 3.64. The van der Waals surface area contributed by atoms with Crippen LogP contribution in [0.3, 0.4) is 0 Å². The Labute approximate surface area is 132 Å². The zero-order chi connectivity index (χ0) is 14.5. The summed E-state index contributed by atoms with van der Waals surface area (Å²) in [6.07, 6.45) is 2.09. The fraction of sp³-hybridized carbons (Fsp3) is 0.250. The number of methoxy groups -OCH3 is 2. The second kappa shape index (κ2) is 7.04. The molecule has 0 aliphatic carbocycles. The van der Waals surface area contributed by atoms with Gasteiger partial charge in [0.1, 0.15) is 11.5 Å². The maximum Gasteiger partial charge on any atom is 0.127 e. The van der Waals surface area contributed by atoms with E-state index < -0.39 is 0 Å². The Morgan fingerprint density at radius 2 is 1.75 bits per heavy atom. The summed E-state index contributed by atoms with van der Waals surface area (Å²) in [7, 11) is 3.33. The molecular formula is C16H17BrO2S. The van der Waals surface area contributed by atoms with Crippen LogP contribution < -0.4 is 9.47 Å². The van der Waals surface area contributed by atoms with Gasteiger partial charge < -0.3 is 9.47 Å². The fourth-order valence-electron chi connectivity index (χ4n) is 2.07. The molecule has 0 amide bonds. The van der Waals surface area contributed by atoms with E-state index in [-0.39, 0.29) is 4.83 Å². The Bertz CT molecular complexity index is 586. The van der Waals surface area contributed by atoms with Gasteiger partial charge in [-0.1, -0.05) is 40.2 Å². The molecule has 2 rings (SSSR count). The molecule has 0 heterocycles. The van der Waals surface area contributed by atoms with Crippen LogP contribution >= 0.6 is 27.7 Å². The van der Waals surface area contributed by atoms with E-state index in [1.165, 1.54) is 10.5 Å². The van der Waals surface area contributed by atoms with Gasteiger partial charge in [0.25, 0.3) is 0 Å². The minimum absolute atomic E-state index is 0.0898. The highest BCUT2D eigenvalue weighted by atomic mass is 79.9. The lowest BCUT2D eigenvalue weighted by atomic mass is 10.0. The molecule has 1 atom stereocenters. The van der Waals surface area contributed by atoms with E-state index in [2.05, 4.69) is 46.5 Å². The molecule has 0 saturated carbocycles. The average Bonchev–Trinajstić information content (AvgIpc) is 2.53. The highest BCUT2D eigenvalue weighted by Crippen LogP contribution is 2.41. The monoisotopic (exact) mass is 352 g/mol. The number of halogens is 1. The van der Waals surface area contributed by atoms with Gasteiger partial charge in [0.05, 0.1) is 19.0 Å². The first-order chi connectivity index (χ1) is 9.71. The second-order valence-electron chi connectivity index (χ2n) is 4.21. The highest BCUT2D eigenvalue weighted by Gasteiger charge is 2.18. The van der Waals surface area contributed by atoms with Gasteiger partial charge in [-0.2, -0.15) is 0 Å². The van der Waals surface area contributed by atoms with Gasteiger partial charge in [-0.3, -0.25) is 0 Å². The molecule has 2 nitrogen and oxygen atoms in total. The molecule has 0 fully saturated rings. The van der Waals surface area contributed by atoms with E-state index in [0.29, 0.717) is 0 Å². The highest BCUT2D eigenvalue weighted by molar-refractivity contribution is 9.09. The smallest absolute Gasteiger partial charge is 0.127 e. The van der Waals surface area contributed by atoms with Crippen molar-refractivity contribution in [2.75, 3.05) is 20.5 Å². The molecule has 0 N–H and O–H groups in total. The molecule has 20 heavy (non-hydrogen) atoms. The van der Waals surface area contributed by atoms with E-state index in [4.69, 9.17) is 9.47 Å². The summed E-state index contributed by atoms with van der Waals surface area (Å²) in [5.41, 5.74) is 2.33.